The Kier molecular flexibility index (Phi) is 81800. The fourth-order valence-corrected chi connectivity index (χ4v) is 0. The van der Waals surface area contributed by atoms with Crippen LogP contribution in [0.2, 0.25) is 0 Å². The summed E-state index contributed by atoms with van der Waals surface area (Å²) in [4.78, 5) is 0. The summed E-state index contributed by atoms with van der Waals surface area (Å²) >= 11 is 0. The third kappa shape index (κ3) is 773. The van der Waals surface area contributed by atoms with Crippen molar-refractivity contribution in [1.29, 1.82) is 0 Å². The van der Waals surface area contributed by atoms with Crippen molar-refractivity contribution in [3.05, 3.63) is 0 Å². The molecule has 0 amide bonds. The molecule has 104 valence electrons. The maximum atomic E-state index is 0. The first-order valence-electron chi connectivity index (χ1n) is 0. The van der Waals surface area contributed by atoms with E-state index in [-0.39, 0.29) is 134 Å². The second-order valence-electron chi connectivity index (χ2n) is 0. The van der Waals surface area contributed by atoms with Gasteiger partial charge in [0.25, 0.3) is 0 Å². The van der Waals surface area contributed by atoms with E-state index in [9.17, 15) is 0 Å². The summed E-state index contributed by atoms with van der Waals surface area (Å²) in [6.45, 7) is 0. The Morgan fingerprint density at radius 2 is 0.214 bits per heavy atom. The molecule has 0 aromatic carbocycles. The monoisotopic (exact) mass is 286 g/mol. The van der Waals surface area contributed by atoms with Crippen LogP contribution < -0.4 is 0 Å². The molecule has 0 rings (SSSR count). The summed E-state index contributed by atoms with van der Waals surface area (Å²) in [6, 6.07) is 0. The van der Waals surface area contributed by atoms with Gasteiger partial charge in [0.1, 0.15) is 0 Å². The molecule has 24 N–H and O–H groups in total. The Hall–Kier alpha value is 1.69. The van der Waals surface area contributed by atoms with Gasteiger partial charge >= 0.3 is 51.4 Å². The van der Waals surface area contributed by atoms with Gasteiger partial charge in [-0.2, -0.15) is 0 Å². The predicted molar refractivity (Wildman–Crippen MR) is 60.5 cm³/mol. The first-order valence-corrected chi connectivity index (χ1v) is 0. The van der Waals surface area contributed by atoms with Crippen LogP contribution in [0.15, 0.2) is 0 Å². The van der Waals surface area contributed by atoms with Gasteiger partial charge in [0.15, 0.2) is 17.4 Å². The summed E-state index contributed by atoms with van der Waals surface area (Å²) < 4.78 is 0. The zero-order chi connectivity index (χ0) is 0. The van der Waals surface area contributed by atoms with E-state index in [4.69, 9.17) is 0 Å². The normalized spacial score (nSPS) is 0. The first kappa shape index (κ1) is 1190. The van der Waals surface area contributed by atoms with Gasteiger partial charge in [0.05, 0.1) is 0 Å². The van der Waals surface area contributed by atoms with Crippen LogP contribution in [0.3, 0.4) is 0 Å². The van der Waals surface area contributed by atoms with Crippen molar-refractivity contribution in [1.82, 2.24) is 0 Å². The van der Waals surface area contributed by atoms with Gasteiger partial charge in [-0.25, -0.2) is 0 Å². The number of hydrogen-bond donors (Lipinski definition) is 0. The summed E-state index contributed by atoms with van der Waals surface area (Å²) in [5, 5.41) is 0. The second-order valence-corrected chi connectivity index (χ2v) is 0. The molecule has 0 bridgehead atoms. The minimum absolute atomic E-state index is 0. The predicted octanol–water partition coefficient (Wildman–Crippen LogP) is -11.7. The fourth-order valence-electron chi connectivity index (χ4n) is 0. The molecular formula is H28AlKO12. The fraction of sp³-hybridized carbons (Fsp3) is 0. The standard InChI is InChI=1S/Al.K.12H2O.4H/h;;12*1H2;;;;. The molecule has 0 aliphatic heterocycles. The van der Waals surface area contributed by atoms with E-state index in [1.165, 1.54) is 0 Å². The van der Waals surface area contributed by atoms with E-state index in [2.05, 4.69) is 0 Å². The SMILES string of the molecule is O.O.O.O.O.O.O.O.O.O.O.O.[AlH3].[KH]. The molecule has 0 unspecified atom stereocenters. The first-order chi connectivity index (χ1) is 0. The van der Waals surface area contributed by atoms with E-state index < -0.39 is 0 Å². The molecule has 14 heteroatoms. The van der Waals surface area contributed by atoms with Crippen LogP contribution in [0, 0.1) is 0 Å². The minimum atomic E-state index is 0. The molecule has 12 nitrogen and oxygen atoms in total. The third-order valence-corrected chi connectivity index (χ3v) is 0. The third-order valence-electron chi connectivity index (χ3n) is 0. The van der Waals surface area contributed by atoms with Gasteiger partial charge < -0.3 is 65.7 Å². The average molecular weight is 286 g/mol. The Balaban J connectivity index is 0. The van der Waals surface area contributed by atoms with Gasteiger partial charge in [-0.15, -0.1) is 0 Å². The summed E-state index contributed by atoms with van der Waals surface area (Å²) in [7, 11) is 0. The van der Waals surface area contributed by atoms with Crippen molar-refractivity contribution in [3.63, 3.8) is 0 Å². The second kappa shape index (κ2) is 965. The van der Waals surface area contributed by atoms with Crippen LogP contribution >= 0.6 is 0 Å². The van der Waals surface area contributed by atoms with Crippen LogP contribution in [-0.4, -0.2) is 134 Å². The van der Waals surface area contributed by atoms with Crippen molar-refractivity contribution < 1.29 is 65.7 Å². The van der Waals surface area contributed by atoms with E-state index >= 15 is 0 Å². The van der Waals surface area contributed by atoms with E-state index in [0.29, 0.717) is 0 Å². The Labute approximate surface area is 133 Å². The topological polar surface area (TPSA) is 378 Å². The Bertz CT molecular complexity index is 10.3. The molecule has 0 aromatic rings. The average Bonchev–Trinajstić information content (AvgIpc) is 0. The molecule has 0 aliphatic carbocycles. The van der Waals surface area contributed by atoms with Gasteiger partial charge in [-0.05, 0) is 0 Å². The molecule has 0 saturated heterocycles. The van der Waals surface area contributed by atoms with Crippen LogP contribution in [0.25, 0.3) is 0 Å². The van der Waals surface area contributed by atoms with Gasteiger partial charge in [-0.1, -0.05) is 0 Å². The quantitative estimate of drug-likeness (QED) is 0.374. The molecule has 0 saturated carbocycles. The van der Waals surface area contributed by atoms with Crippen molar-refractivity contribution in [2.75, 3.05) is 0 Å². The van der Waals surface area contributed by atoms with E-state index in [1.807, 2.05) is 0 Å². The molecule has 0 radical (unpaired) electrons. The van der Waals surface area contributed by atoms with E-state index in [1.54, 1.807) is 0 Å². The number of hydrogen-bond acceptors (Lipinski definition) is 0. The molecule has 0 aliphatic rings. The zero-order valence-electron chi connectivity index (χ0n) is 6.00. The van der Waals surface area contributed by atoms with Crippen molar-refractivity contribution in [2.24, 2.45) is 0 Å². The molecule has 0 heterocycles. The maximum absolute atomic E-state index is 0. The summed E-state index contributed by atoms with van der Waals surface area (Å²) in [5.74, 6) is 0. The van der Waals surface area contributed by atoms with Crippen molar-refractivity contribution in [3.8, 4) is 0 Å². The molecule has 14 heavy (non-hydrogen) atoms. The van der Waals surface area contributed by atoms with Crippen LogP contribution in [-0.2, 0) is 0 Å². The van der Waals surface area contributed by atoms with Crippen molar-refractivity contribution in [2.45, 2.75) is 0 Å². The van der Waals surface area contributed by atoms with Crippen LogP contribution in [0.4, 0.5) is 0 Å². The molecule has 0 aromatic heterocycles. The van der Waals surface area contributed by atoms with Gasteiger partial charge in [0, 0.05) is 0 Å². The van der Waals surface area contributed by atoms with Gasteiger partial charge in [0.2, 0.25) is 0 Å². The van der Waals surface area contributed by atoms with Gasteiger partial charge in [-0.3, -0.25) is 0 Å². The van der Waals surface area contributed by atoms with E-state index in [0.717, 1.165) is 0 Å². The van der Waals surface area contributed by atoms with Crippen LogP contribution in [0.5, 0.6) is 0 Å². The van der Waals surface area contributed by atoms with Crippen LogP contribution in [0.1, 0.15) is 0 Å². The van der Waals surface area contributed by atoms with Crippen molar-refractivity contribution >= 4 is 68.7 Å². The Morgan fingerprint density at radius 3 is 0.214 bits per heavy atom. The molecule has 0 fully saturated rings. The molecule has 0 atom stereocenters. The molecular weight excluding hydrogens is 258 g/mol. The Morgan fingerprint density at radius 1 is 0.214 bits per heavy atom. The summed E-state index contributed by atoms with van der Waals surface area (Å²) in [6.07, 6.45) is 0. The zero-order valence-corrected chi connectivity index (χ0v) is 6.00. The molecule has 0 spiro atoms. The number of rotatable bonds is 0. The summed E-state index contributed by atoms with van der Waals surface area (Å²) in [5.41, 5.74) is 0.